The maximum atomic E-state index is 13.5. The molecule has 1 N–H and O–H groups in total. The van der Waals surface area contributed by atoms with Gasteiger partial charge in [0.15, 0.2) is 0 Å². The summed E-state index contributed by atoms with van der Waals surface area (Å²) in [6, 6.07) is 18.5. The Morgan fingerprint density at radius 3 is 2.40 bits per heavy atom. The lowest BCUT2D eigenvalue weighted by atomic mass is 10.0. The van der Waals surface area contributed by atoms with Crippen LogP contribution in [0.1, 0.15) is 55.6 Å². The summed E-state index contributed by atoms with van der Waals surface area (Å²) in [5.41, 5.74) is 4.85. The van der Waals surface area contributed by atoms with Crippen molar-refractivity contribution in [3.05, 3.63) is 71.9 Å². The van der Waals surface area contributed by atoms with Gasteiger partial charge in [-0.15, -0.1) is 0 Å². The highest BCUT2D eigenvalue weighted by Crippen LogP contribution is 2.39. The summed E-state index contributed by atoms with van der Waals surface area (Å²) in [7, 11) is -1.97. The molecule has 0 radical (unpaired) electrons. The molecule has 9 nitrogen and oxygen atoms in total. The van der Waals surface area contributed by atoms with Gasteiger partial charge in [0, 0.05) is 29.6 Å². The van der Waals surface area contributed by atoms with E-state index in [1.807, 2.05) is 68.4 Å². The summed E-state index contributed by atoms with van der Waals surface area (Å²) in [4.78, 5) is 13.0. The van der Waals surface area contributed by atoms with Gasteiger partial charge in [-0.3, -0.25) is 4.31 Å². The van der Waals surface area contributed by atoms with E-state index in [1.54, 1.807) is 17.7 Å². The lowest BCUT2D eigenvalue weighted by Gasteiger charge is -2.24. The maximum absolute atomic E-state index is 13.5. The Balaban J connectivity index is 1.75. The van der Waals surface area contributed by atoms with Crippen LogP contribution in [0.5, 0.6) is 5.75 Å². The van der Waals surface area contributed by atoms with Gasteiger partial charge in [0.1, 0.15) is 22.5 Å². The van der Waals surface area contributed by atoms with Crippen LogP contribution < -0.4 is 9.04 Å². The summed E-state index contributed by atoms with van der Waals surface area (Å²) in [6.45, 7) is 4.66. The van der Waals surface area contributed by atoms with E-state index in [0.717, 1.165) is 35.6 Å². The Morgan fingerprint density at radius 1 is 0.976 bits per heavy atom. The number of ether oxygens (including phenoxy) is 1. The minimum absolute atomic E-state index is 0.0600. The fraction of sp³-hybridized carbons (Fsp3) is 0.323. The van der Waals surface area contributed by atoms with Crippen LogP contribution in [0.4, 0.5) is 5.69 Å². The normalized spacial score (nSPS) is 11.8. The third kappa shape index (κ3) is 5.84. The fourth-order valence-electron chi connectivity index (χ4n) is 5.20. The van der Waals surface area contributed by atoms with Crippen LogP contribution in [0.15, 0.2) is 60.7 Å². The van der Waals surface area contributed by atoms with Gasteiger partial charge in [0.25, 0.3) is 0 Å². The molecule has 220 valence electrons. The van der Waals surface area contributed by atoms with E-state index < -0.39 is 16.0 Å². The number of fused-ring (bicyclic) bond motifs is 2. The fourth-order valence-corrected chi connectivity index (χ4v) is 7.43. The second-order valence-corrected chi connectivity index (χ2v) is 12.8. The minimum Gasteiger partial charge on any atom is -0.497 e. The number of unbranched alkanes of at least 4 members (excludes halogenated alkanes) is 2. The number of nitrogens with zero attached hydrogens (tertiary/aromatic N) is 4. The van der Waals surface area contributed by atoms with Crippen molar-refractivity contribution < 1.29 is 23.1 Å². The molecule has 5 rings (SSSR count). The smallest absolute Gasteiger partial charge is 0.353 e. The molecule has 3 aromatic carbocycles. The predicted octanol–water partition coefficient (Wildman–Crippen LogP) is 6.80. The SMILES string of the molecule is CCCCN(c1ccc2c(c1)c(-c1ccc3nsnc3c1)c(C(=O)O)n2Cc1ccc(OC)cc1)S(=O)(=O)CCCC. The van der Waals surface area contributed by atoms with Crippen LogP contribution in [0, 0.1) is 0 Å². The molecule has 0 saturated heterocycles. The molecule has 11 heteroatoms. The molecule has 5 aromatic rings. The topological polar surface area (TPSA) is 115 Å². The number of methoxy groups -OCH3 is 1. The van der Waals surface area contributed by atoms with Gasteiger partial charge in [-0.25, -0.2) is 13.2 Å². The molecule has 0 fully saturated rings. The van der Waals surface area contributed by atoms with Crippen molar-refractivity contribution in [2.75, 3.05) is 23.7 Å². The van der Waals surface area contributed by atoms with Gasteiger partial charge in [-0.05, 0) is 66.4 Å². The molecule has 0 aliphatic rings. The van der Waals surface area contributed by atoms with Crippen LogP contribution >= 0.6 is 11.7 Å². The van der Waals surface area contributed by atoms with Crippen molar-refractivity contribution in [3.8, 4) is 16.9 Å². The standard InChI is InChI=1S/C31H34N4O5S2/c1-4-6-16-35(42(38,39)17-7-5-2)23-11-15-28-25(19-23)29(22-10-14-26-27(18-22)33-41-32-26)30(31(36)37)34(28)20-21-8-12-24(40-3)13-9-21/h8-15,18-19H,4-7,16-17,20H2,1-3H3,(H,36,37). The zero-order chi connectivity index (χ0) is 29.9. The first-order valence-electron chi connectivity index (χ1n) is 14.0. The molecular weight excluding hydrogens is 572 g/mol. The van der Waals surface area contributed by atoms with E-state index in [-0.39, 0.29) is 11.4 Å². The van der Waals surface area contributed by atoms with Crippen LogP contribution in [-0.2, 0) is 16.6 Å². The van der Waals surface area contributed by atoms with Crippen molar-refractivity contribution in [2.24, 2.45) is 0 Å². The van der Waals surface area contributed by atoms with Gasteiger partial charge >= 0.3 is 5.97 Å². The molecule has 0 amide bonds. The van der Waals surface area contributed by atoms with Gasteiger partial charge < -0.3 is 14.4 Å². The number of benzene rings is 3. The van der Waals surface area contributed by atoms with Gasteiger partial charge in [-0.2, -0.15) is 8.75 Å². The first-order valence-corrected chi connectivity index (χ1v) is 16.4. The second-order valence-electron chi connectivity index (χ2n) is 10.2. The number of aromatic carboxylic acids is 1. The van der Waals surface area contributed by atoms with Crippen LogP contribution in [0.25, 0.3) is 33.1 Å². The first kappa shape index (κ1) is 29.5. The molecule has 0 unspecified atom stereocenters. The van der Waals surface area contributed by atoms with Crippen molar-refractivity contribution in [1.29, 1.82) is 0 Å². The van der Waals surface area contributed by atoms with Crippen LogP contribution in [0.2, 0.25) is 0 Å². The van der Waals surface area contributed by atoms with E-state index in [0.29, 0.717) is 64.9 Å². The number of hydrogen-bond donors (Lipinski definition) is 1. The maximum Gasteiger partial charge on any atom is 0.353 e. The second kappa shape index (κ2) is 12.5. The largest absolute Gasteiger partial charge is 0.497 e. The molecule has 0 bridgehead atoms. The molecular formula is C31H34N4O5S2. The van der Waals surface area contributed by atoms with E-state index in [1.165, 1.54) is 4.31 Å². The van der Waals surface area contributed by atoms with Crippen LogP contribution in [0.3, 0.4) is 0 Å². The highest BCUT2D eigenvalue weighted by Gasteiger charge is 2.27. The van der Waals surface area contributed by atoms with Gasteiger partial charge in [-0.1, -0.05) is 44.9 Å². The Labute approximate surface area is 249 Å². The lowest BCUT2D eigenvalue weighted by Crippen LogP contribution is -2.34. The lowest BCUT2D eigenvalue weighted by molar-refractivity contribution is 0.0687. The third-order valence-electron chi connectivity index (χ3n) is 7.39. The zero-order valence-electron chi connectivity index (χ0n) is 23.9. The average Bonchev–Trinajstić information content (AvgIpc) is 3.58. The van der Waals surface area contributed by atoms with Gasteiger partial charge in [0.2, 0.25) is 10.0 Å². The van der Waals surface area contributed by atoms with Crippen molar-refractivity contribution in [1.82, 2.24) is 13.3 Å². The van der Waals surface area contributed by atoms with Crippen molar-refractivity contribution in [2.45, 2.75) is 46.1 Å². The molecule has 42 heavy (non-hydrogen) atoms. The quantitative estimate of drug-likeness (QED) is 0.157. The summed E-state index contributed by atoms with van der Waals surface area (Å²) in [6.07, 6.45) is 2.90. The molecule has 2 heterocycles. The number of carboxylic acids is 1. The Morgan fingerprint density at radius 2 is 1.71 bits per heavy atom. The van der Waals surface area contributed by atoms with E-state index in [9.17, 15) is 18.3 Å². The Hall–Kier alpha value is -3.96. The highest BCUT2D eigenvalue weighted by molar-refractivity contribution is 7.92. The van der Waals surface area contributed by atoms with Crippen molar-refractivity contribution in [3.63, 3.8) is 0 Å². The van der Waals surface area contributed by atoms with Crippen LogP contribution in [-0.4, -0.2) is 52.2 Å². The van der Waals surface area contributed by atoms with E-state index in [4.69, 9.17) is 4.74 Å². The number of carbonyl (C=O) groups is 1. The molecule has 0 atom stereocenters. The Bertz CT molecular complexity index is 1830. The third-order valence-corrected chi connectivity index (χ3v) is 9.81. The summed E-state index contributed by atoms with van der Waals surface area (Å²) in [5.74, 6) is -0.308. The molecule has 0 aliphatic heterocycles. The van der Waals surface area contributed by atoms with Gasteiger partial charge in [0.05, 0.1) is 30.3 Å². The average molecular weight is 607 g/mol. The van der Waals surface area contributed by atoms with E-state index >= 15 is 0 Å². The molecule has 2 aromatic heterocycles. The Kier molecular flexibility index (Phi) is 8.79. The molecule has 0 saturated carbocycles. The van der Waals surface area contributed by atoms with Crippen molar-refractivity contribution >= 4 is 55.3 Å². The number of hydrogen-bond acceptors (Lipinski definition) is 7. The summed E-state index contributed by atoms with van der Waals surface area (Å²) >= 11 is 1.10. The first-order chi connectivity index (χ1) is 20.3. The highest BCUT2D eigenvalue weighted by atomic mass is 32.2. The number of rotatable bonds is 13. The summed E-state index contributed by atoms with van der Waals surface area (Å²) in [5, 5.41) is 11.3. The predicted molar refractivity (Wildman–Crippen MR) is 168 cm³/mol. The monoisotopic (exact) mass is 606 g/mol. The number of carboxylic acid groups (broad SMARTS) is 1. The molecule has 0 spiro atoms. The zero-order valence-corrected chi connectivity index (χ0v) is 25.5. The number of sulfonamides is 1. The summed E-state index contributed by atoms with van der Waals surface area (Å²) < 4.78 is 44.2. The van der Waals surface area contributed by atoms with E-state index in [2.05, 4.69) is 8.75 Å². The molecule has 0 aliphatic carbocycles. The minimum atomic E-state index is -3.57. The number of aromatic nitrogens is 3. The number of anilines is 1.